The van der Waals surface area contributed by atoms with Gasteiger partial charge in [0.2, 0.25) is 0 Å². The summed E-state index contributed by atoms with van der Waals surface area (Å²) in [6, 6.07) is 6.59. The average molecular weight is 376 g/mol. The maximum Gasteiger partial charge on any atom is 0.150 e. The molecule has 120 valence electrons. The van der Waals surface area contributed by atoms with Crippen LogP contribution in [0.25, 0.3) is 0 Å². The monoisotopic (exact) mass is 375 g/mol. The molecule has 0 aliphatic rings. The highest BCUT2D eigenvalue weighted by atomic mass is 79.9. The quantitative estimate of drug-likeness (QED) is 0.708. The average Bonchev–Trinajstić information content (AvgIpc) is 2.41. The van der Waals surface area contributed by atoms with E-state index in [1.807, 2.05) is 0 Å². The molecule has 0 saturated carbocycles. The van der Waals surface area contributed by atoms with E-state index in [0.29, 0.717) is 6.42 Å². The van der Waals surface area contributed by atoms with E-state index in [4.69, 9.17) is 0 Å². The minimum atomic E-state index is -2.87. The van der Waals surface area contributed by atoms with Gasteiger partial charge in [-0.05, 0) is 56.0 Å². The van der Waals surface area contributed by atoms with Gasteiger partial charge >= 0.3 is 0 Å². The van der Waals surface area contributed by atoms with Gasteiger partial charge in [-0.1, -0.05) is 35.8 Å². The van der Waals surface area contributed by atoms with Crippen molar-refractivity contribution in [1.29, 1.82) is 0 Å². The van der Waals surface area contributed by atoms with Crippen LogP contribution in [0.15, 0.2) is 22.7 Å². The van der Waals surface area contributed by atoms with Gasteiger partial charge in [-0.25, -0.2) is 8.42 Å². The normalized spacial score (nSPS) is 13.3. The van der Waals surface area contributed by atoms with Gasteiger partial charge in [-0.3, -0.25) is 0 Å². The zero-order valence-corrected chi connectivity index (χ0v) is 15.6. The minimum Gasteiger partial charge on any atom is -0.310 e. The predicted octanol–water partition coefficient (Wildman–Crippen LogP) is 4.01. The molecule has 0 radical (unpaired) electrons. The number of halogens is 1. The number of hydrogen-bond acceptors (Lipinski definition) is 3. The first-order chi connectivity index (χ1) is 9.88. The summed E-state index contributed by atoms with van der Waals surface area (Å²) in [5.41, 5.74) is 2.44. The van der Waals surface area contributed by atoms with Crippen LogP contribution in [-0.4, -0.2) is 26.5 Å². The second kappa shape index (κ2) is 8.91. The molecule has 0 amide bonds. The van der Waals surface area contributed by atoms with Gasteiger partial charge in [0.05, 0.1) is 5.75 Å². The molecular weight excluding hydrogens is 350 g/mol. The lowest BCUT2D eigenvalue weighted by molar-refractivity contribution is 0.492. The SMILES string of the molecule is CCCNC(CCCS(=O)(=O)CC)c1cc(C)cc(Br)c1. The number of hydrogen-bond donors (Lipinski definition) is 1. The third-order valence-electron chi connectivity index (χ3n) is 3.50. The number of sulfone groups is 1. The molecule has 1 unspecified atom stereocenters. The number of aryl methyl sites for hydroxylation is 1. The molecular formula is C16H26BrNO2S. The first-order valence-corrected chi connectivity index (χ1v) is 10.2. The van der Waals surface area contributed by atoms with E-state index in [0.717, 1.165) is 23.9 Å². The second-order valence-corrected chi connectivity index (χ2v) is 8.84. The molecule has 1 aromatic carbocycles. The Morgan fingerprint density at radius 2 is 1.95 bits per heavy atom. The number of nitrogens with one attached hydrogen (secondary N) is 1. The highest BCUT2D eigenvalue weighted by Crippen LogP contribution is 2.24. The smallest absolute Gasteiger partial charge is 0.150 e. The van der Waals surface area contributed by atoms with E-state index in [-0.39, 0.29) is 17.5 Å². The molecule has 0 aliphatic heterocycles. The lowest BCUT2D eigenvalue weighted by Crippen LogP contribution is -2.23. The van der Waals surface area contributed by atoms with E-state index < -0.39 is 9.84 Å². The van der Waals surface area contributed by atoms with Crippen LogP contribution < -0.4 is 5.32 Å². The highest BCUT2D eigenvalue weighted by Gasteiger charge is 2.14. The molecule has 1 N–H and O–H groups in total. The summed E-state index contributed by atoms with van der Waals surface area (Å²) in [6.07, 6.45) is 2.61. The summed E-state index contributed by atoms with van der Waals surface area (Å²) in [4.78, 5) is 0. The van der Waals surface area contributed by atoms with Crippen LogP contribution in [0.3, 0.4) is 0 Å². The largest absolute Gasteiger partial charge is 0.310 e. The van der Waals surface area contributed by atoms with E-state index in [2.05, 4.69) is 53.3 Å². The topological polar surface area (TPSA) is 46.2 Å². The number of benzene rings is 1. The highest BCUT2D eigenvalue weighted by molar-refractivity contribution is 9.10. The zero-order chi connectivity index (χ0) is 15.9. The van der Waals surface area contributed by atoms with Crippen LogP contribution in [0.4, 0.5) is 0 Å². The van der Waals surface area contributed by atoms with Gasteiger partial charge < -0.3 is 5.32 Å². The molecule has 3 nitrogen and oxygen atoms in total. The Kier molecular flexibility index (Phi) is 7.92. The fourth-order valence-electron chi connectivity index (χ4n) is 2.32. The summed E-state index contributed by atoms with van der Waals surface area (Å²) < 4.78 is 24.3. The third kappa shape index (κ3) is 6.94. The Balaban J connectivity index is 2.75. The van der Waals surface area contributed by atoms with Gasteiger partial charge in [0, 0.05) is 16.3 Å². The summed E-state index contributed by atoms with van der Waals surface area (Å²) in [7, 11) is -2.87. The van der Waals surface area contributed by atoms with E-state index in [1.165, 1.54) is 11.1 Å². The molecule has 0 aliphatic carbocycles. The van der Waals surface area contributed by atoms with Crippen molar-refractivity contribution in [2.24, 2.45) is 0 Å². The Bertz CT molecular complexity index is 523. The van der Waals surface area contributed by atoms with E-state index in [9.17, 15) is 8.42 Å². The summed E-state index contributed by atoms with van der Waals surface area (Å²) >= 11 is 3.54. The van der Waals surface area contributed by atoms with Gasteiger partial charge in [0.25, 0.3) is 0 Å². The van der Waals surface area contributed by atoms with Gasteiger partial charge in [0.15, 0.2) is 0 Å². The van der Waals surface area contributed by atoms with Crippen LogP contribution in [0, 0.1) is 6.92 Å². The Labute approximate surface area is 137 Å². The molecule has 0 saturated heterocycles. The Hall–Kier alpha value is -0.390. The van der Waals surface area contributed by atoms with Crippen LogP contribution in [-0.2, 0) is 9.84 Å². The zero-order valence-electron chi connectivity index (χ0n) is 13.2. The maximum absolute atomic E-state index is 11.6. The fraction of sp³-hybridized carbons (Fsp3) is 0.625. The van der Waals surface area contributed by atoms with Crippen molar-refractivity contribution in [3.8, 4) is 0 Å². The van der Waals surface area contributed by atoms with Crippen LogP contribution in [0.2, 0.25) is 0 Å². The first kappa shape index (κ1) is 18.7. The van der Waals surface area contributed by atoms with Crippen molar-refractivity contribution >= 4 is 25.8 Å². The molecule has 1 atom stereocenters. The summed E-state index contributed by atoms with van der Waals surface area (Å²) in [5.74, 6) is 0.511. The lowest BCUT2D eigenvalue weighted by Gasteiger charge is -2.20. The van der Waals surface area contributed by atoms with Crippen molar-refractivity contribution < 1.29 is 8.42 Å². The maximum atomic E-state index is 11.6. The molecule has 0 heterocycles. The summed E-state index contributed by atoms with van der Waals surface area (Å²) in [6.45, 7) is 6.86. The molecule has 0 aromatic heterocycles. The molecule has 21 heavy (non-hydrogen) atoms. The molecule has 5 heteroatoms. The molecule has 1 rings (SSSR count). The van der Waals surface area contributed by atoms with Crippen molar-refractivity contribution in [3.05, 3.63) is 33.8 Å². The van der Waals surface area contributed by atoms with Crippen LogP contribution in [0.5, 0.6) is 0 Å². The fourth-order valence-corrected chi connectivity index (χ4v) is 3.84. The molecule has 0 fully saturated rings. The lowest BCUT2D eigenvalue weighted by atomic mass is 10.0. The summed E-state index contributed by atoms with van der Waals surface area (Å²) in [5, 5.41) is 3.53. The van der Waals surface area contributed by atoms with E-state index >= 15 is 0 Å². The predicted molar refractivity (Wildman–Crippen MR) is 93.5 cm³/mol. The standard InChI is InChI=1S/C16H26BrNO2S/c1-4-8-18-16(7-6-9-21(19,20)5-2)14-10-13(3)11-15(17)12-14/h10-12,16,18H,4-9H2,1-3H3. The van der Waals surface area contributed by atoms with Crippen molar-refractivity contribution in [3.63, 3.8) is 0 Å². The van der Waals surface area contributed by atoms with Crippen LogP contribution in [0.1, 0.15) is 50.3 Å². The number of rotatable bonds is 9. The molecule has 0 spiro atoms. The second-order valence-electron chi connectivity index (χ2n) is 5.45. The minimum absolute atomic E-state index is 0.216. The first-order valence-electron chi connectivity index (χ1n) is 7.59. The Morgan fingerprint density at radius 3 is 2.52 bits per heavy atom. The van der Waals surface area contributed by atoms with Crippen molar-refractivity contribution in [2.45, 2.75) is 46.1 Å². The van der Waals surface area contributed by atoms with Gasteiger partial charge in [0.1, 0.15) is 9.84 Å². The van der Waals surface area contributed by atoms with Crippen molar-refractivity contribution in [1.82, 2.24) is 5.32 Å². The third-order valence-corrected chi connectivity index (χ3v) is 5.74. The Morgan fingerprint density at radius 1 is 1.24 bits per heavy atom. The van der Waals surface area contributed by atoms with Crippen LogP contribution >= 0.6 is 15.9 Å². The van der Waals surface area contributed by atoms with Gasteiger partial charge in [-0.2, -0.15) is 0 Å². The molecule has 1 aromatic rings. The molecule has 0 bridgehead atoms. The van der Waals surface area contributed by atoms with E-state index in [1.54, 1.807) is 6.92 Å². The van der Waals surface area contributed by atoms with Crippen molar-refractivity contribution in [2.75, 3.05) is 18.1 Å². The van der Waals surface area contributed by atoms with Gasteiger partial charge in [-0.15, -0.1) is 0 Å².